The average molecular weight is 381 g/mol. The number of aromatic amines is 1. The first-order valence-electron chi connectivity index (χ1n) is 9.89. The summed E-state index contributed by atoms with van der Waals surface area (Å²) in [6.45, 7) is 7.70. The lowest BCUT2D eigenvalue weighted by molar-refractivity contribution is -0.118. The second-order valence-electron chi connectivity index (χ2n) is 7.51. The Morgan fingerprint density at radius 1 is 1.39 bits per heavy atom. The van der Waals surface area contributed by atoms with Crippen molar-refractivity contribution in [2.75, 3.05) is 19.6 Å². The van der Waals surface area contributed by atoms with E-state index in [2.05, 4.69) is 38.2 Å². The third kappa shape index (κ3) is 3.91. The van der Waals surface area contributed by atoms with E-state index in [0.717, 1.165) is 60.6 Å². The maximum atomic E-state index is 11.2. The number of rotatable bonds is 6. The summed E-state index contributed by atoms with van der Waals surface area (Å²) < 4.78 is 1.93. The van der Waals surface area contributed by atoms with E-state index in [1.807, 2.05) is 10.7 Å². The summed E-state index contributed by atoms with van der Waals surface area (Å²) in [5, 5.41) is 8.87. The molecule has 8 nitrogen and oxygen atoms in total. The zero-order valence-electron chi connectivity index (χ0n) is 16.5. The number of hydrogen-bond donors (Lipinski definition) is 2. The van der Waals surface area contributed by atoms with E-state index >= 15 is 0 Å². The molecule has 0 radical (unpaired) electrons. The summed E-state index contributed by atoms with van der Waals surface area (Å²) in [6, 6.07) is 4.08. The van der Waals surface area contributed by atoms with E-state index in [4.69, 9.17) is 5.10 Å². The second-order valence-corrected chi connectivity index (χ2v) is 7.51. The Bertz CT molecular complexity index is 961. The Hall–Kier alpha value is -2.74. The maximum absolute atomic E-state index is 11.2. The van der Waals surface area contributed by atoms with Gasteiger partial charge >= 0.3 is 0 Å². The number of nitrogens with one attached hydrogen (secondary N) is 2. The lowest BCUT2D eigenvalue weighted by atomic mass is 9.93. The lowest BCUT2D eigenvalue weighted by Crippen LogP contribution is -2.34. The molecule has 0 unspecified atom stereocenters. The number of likely N-dealkylation sites (tertiary alicyclic amines) is 1. The van der Waals surface area contributed by atoms with Gasteiger partial charge in [0.25, 0.3) is 0 Å². The van der Waals surface area contributed by atoms with Crippen LogP contribution in [0.5, 0.6) is 0 Å². The van der Waals surface area contributed by atoms with Gasteiger partial charge in [0.15, 0.2) is 5.65 Å². The summed E-state index contributed by atoms with van der Waals surface area (Å²) in [4.78, 5) is 25.8. The van der Waals surface area contributed by atoms with Gasteiger partial charge in [-0.1, -0.05) is 0 Å². The third-order valence-corrected chi connectivity index (χ3v) is 5.43. The minimum atomic E-state index is -0.0266. The molecule has 1 atom stereocenters. The monoisotopic (exact) mass is 381 g/mol. The Morgan fingerprint density at radius 2 is 2.29 bits per heavy atom. The molecule has 1 fully saturated rings. The van der Waals surface area contributed by atoms with Gasteiger partial charge < -0.3 is 10.3 Å². The van der Waals surface area contributed by atoms with Crippen LogP contribution in [0.3, 0.4) is 0 Å². The van der Waals surface area contributed by atoms with Gasteiger partial charge in [0.2, 0.25) is 5.91 Å². The van der Waals surface area contributed by atoms with E-state index in [-0.39, 0.29) is 5.91 Å². The molecule has 0 spiro atoms. The first-order valence-corrected chi connectivity index (χ1v) is 9.89. The molecule has 3 aromatic rings. The van der Waals surface area contributed by atoms with Gasteiger partial charge in [0.05, 0.1) is 24.3 Å². The highest BCUT2D eigenvalue weighted by Crippen LogP contribution is 2.31. The number of carbonyl (C=O) groups excluding carboxylic acids is 1. The van der Waals surface area contributed by atoms with E-state index in [1.54, 1.807) is 12.5 Å². The molecule has 0 aromatic carbocycles. The Morgan fingerprint density at radius 3 is 3.07 bits per heavy atom. The van der Waals surface area contributed by atoms with Crippen LogP contribution in [0, 0.1) is 6.92 Å². The van der Waals surface area contributed by atoms with Crippen molar-refractivity contribution in [3.8, 4) is 0 Å². The van der Waals surface area contributed by atoms with Crippen LogP contribution >= 0.6 is 0 Å². The fraction of sp³-hybridized carbons (Fsp3) is 0.500. The van der Waals surface area contributed by atoms with Crippen molar-refractivity contribution >= 4 is 16.9 Å². The minimum Gasteiger partial charge on any atom is -0.354 e. The van der Waals surface area contributed by atoms with Crippen LogP contribution in [-0.4, -0.2) is 55.2 Å². The van der Waals surface area contributed by atoms with Gasteiger partial charge in [-0.2, -0.15) is 5.10 Å². The molecule has 1 saturated heterocycles. The Kier molecular flexibility index (Phi) is 5.38. The molecule has 1 aliphatic heterocycles. The van der Waals surface area contributed by atoms with Crippen molar-refractivity contribution in [3.05, 3.63) is 41.7 Å². The normalized spacial score (nSPS) is 17.9. The lowest BCUT2D eigenvalue weighted by Gasteiger charge is -2.31. The van der Waals surface area contributed by atoms with E-state index in [9.17, 15) is 4.79 Å². The summed E-state index contributed by atoms with van der Waals surface area (Å²) in [5.41, 5.74) is 4.27. The van der Waals surface area contributed by atoms with Crippen molar-refractivity contribution in [1.82, 2.24) is 34.9 Å². The number of hydrogen-bond acceptors (Lipinski definition) is 5. The molecule has 0 saturated carbocycles. The zero-order valence-corrected chi connectivity index (χ0v) is 16.5. The van der Waals surface area contributed by atoms with Crippen molar-refractivity contribution in [2.24, 2.45) is 0 Å². The summed E-state index contributed by atoms with van der Waals surface area (Å²) in [7, 11) is 0. The van der Waals surface area contributed by atoms with Gasteiger partial charge in [-0.15, -0.1) is 0 Å². The number of pyridine rings is 1. The molecule has 0 aliphatic carbocycles. The number of imidazole rings is 1. The number of amides is 1. The highest BCUT2D eigenvalue weighted by Gasteiger charge is 2.26. The van der Waals surface area contributed by atoms with Crippen molar-refractivity contribution in [3.63, 3.8) is 0 Å². The number of aromatic nitrogens is 5. The van der Waals surface area contributed by atoms with Gasteiger partial charge in [0, 0.05) is 49.8 Å². The van der Waals surface area contributed by atoms with Crippen LogP contribution in [0.4, 0.5) is 0 Å². The molecule has 28 heavy (non-hydrogen) atoms. The highest BCUT2D eigenvalue weighted by molar-refractivity contribution is 5.79. The Balaban J connectivity index is 1.54. The van der Waals surface area contributed by atoms with E-state index in [1.165, 1.54) is 6.92 Å². The van der Waals surface area contributed by atoms with Gasteiger partial charge in [-0.3, -0.25) is 9.69 Å². The van der Waals surface area contributed by atoms with Crippen LogP contribution < -0.4 is 5.32 Å². The number of piperidine rings is 1. The highest BCUT2D eigenvalue weighted by atomic mass is 16.1. The predicted octanol–water partition coefficient (Wildman–Crippen LogP) is 1.98. The smallest absolute Gasteiger partial charge is 0.216 e. The largest absolute Gasteiger partial charge is 0.354 e. The molecule has 1 aliphatic rings. The van der Waals surface area contributed by atoms with Gasteiger partial charge in [0.1, 0.15) is 0 Å². The van der Waals surface area contributed by atoms with Crippen LogP contribution in [0.1, 0.15) is 42.8 Å². The summed E-state index contributed by atoms with van der Waals surface area (Å²) in [5.74, 6) is 0.350. The molecule has 1 amide bonds. The predicted molar refractivity (Wildman–Crippen MR) is 107 cm³/mol. The molecular formula is C20H27N7O. The van der Waals surface area contributed by atoms with Crippen LogP contribution in [0.15, 0.2) is 24.7 Å². The fourth-order valence-corrected chi connectivity index (χ4v) is 4.01. The topological polar surface area (TPSA) is 91.7 Å². The number of aryl methyl sites for hydroxylation is 1. The molecule has 4 rings (SSSR count). The molecular weight excluding hydrogens is 354 g/mol. The number of fused-ring (bicyclic) bond motifs is 1. The molecule has 4 heterocycles. The maximum Gasteiger partial charge on any atom is 0.216 e. The van der Waals surface area contributed by atoms with Gasteiger partial charge in [-0.25, -0.2) is 14.6 Å². The summed E-state index contributed by atoms with van der Waals surface area (Å²) in [6.07, 6.45) is 5.84. The fourth-order valence-electron chi connectivity index (χ4n) is 4.01. The standard InChI is InChI=1S/C20H27N7O/c1-14-18(24-13-23-14)12-26-9-4-5-16(11-26)19-17-6-3-7-22-20(17)27(25-19)10-8-21-15(2)28/h3,6-7,13,16H,4-5,8-12H2,1-2H3,(H,21,28)(H,23,24)/t16-/m0/s1. The summed E-state index contributed by atoms with van der Waals surface area (Å²) >= 11 is 0. The third-order valence-electron chi connectivity index (χ3n) is 5.43. The first kappa shape index (κ1) is 18.6. The molecule has 2 N–H and O–H groups in total. The van der Waals surface area contributed by atoms with Crippen molar-refractivity contribution in [2.45, 2.75) is 45.7 Å². The minimum absolute atomic E-state index is 0.0266. The number of carbonyl (C=O) groups is 1. The molecule has 8 heteroatoms. The van der Waals surface area contributed by atoms with Crippen LogP contribution in [-0.2, 0) is 17.9 Å². The quantitative estimate of drug-likeness (QED) is 0.681. The second kappa shape index (κ2) is 8.10. The first-order chi connectivity index (χ1) is 13.6. The molecule has 148 valence electrons. The molecule has 3 aromatic heterocycles. The van der Waals surface area contributed by atoms with Crippen LogP contribution in [0.2, 0.25) is 0 Å². The number of nitrogens with zero attached hydrogens (tertiary/aromatic N) is 5. The zero-order chi connectivity index (χ0) is 19.5. The molecule has 0 bridgehead atoms. The Labute approximate surface area is 164 Å². The average Bonchev–Trinajstić information content (AvgIpc) is 3.26. The number of H-pyrrole nitrogens is 1. The van der Waals surface area contributed by atoms with Crippen molar-refractivity contribution in [1.29, 1.82) is 0 Å². The SMILES string of the molecule is CC(=O)NCCn1nc([C@H]2CCCN(Cc3nc[nH]c3C)C2)c2cccnc21. The van der Waals surface area contributed by atoms with Crippen LogP contribution in [0.25, 0.3) is 11.0 Å². The van der Waals surface area contributed by atoms with Crippen molar-refractivity contribution < 1.29 is 4.79 Å². The van der Waals surface area contributed by atoms with E-state index < -0.39 is 0 Å². The van der Waals surface area contributed by atoms with Gasteiger partial charge in [-0.05, 0) is 38.4 Å². The van der Waals surface area contributed by atoms with E-state index in [0.29, 0.717) is 19.0 Å².